The molecular weight excluding hydrogens is 376 g/mol. The molecule has 9 heteroatoms. The summed E-state index contributed by atoms with van der Waals surface area (Å²) in [6, 6.07) is 3.76. The van der Waals surface area contributed by atoms with Crippen LogP contribution in [0.25, 0.3) is 0 Å². The van der Waals surface area contributed by atoms with E-state index in [4.69, 9.17) is 18.9 Å². The zero-order valence-corrected chi connectivity index (χ0v) is 18.5. The average molecular weight is 411 g/mol. The number of rotatable bonds is 9. The van der Waals surface area contributed by atoms with E-state index in [2.05, 4.69) is 20.9 Å². The van der Waals surface area contributed by atoms with E-state index in [9.17, 15) is 4.79 Å². The number of methoxy groups -OCH3 is 3. The summed E-state index contributed by atoms with van der Waals surface area (Å²) in [6.07, 6.45) is 0.312. The van der Waals surface area contributed by atoms with Crippen molar-refractivity contribution >= 4 is 12.1 Å². The highest BCUT2D eigenvalue weighted by Crippen LogP contribution is 2.38. The number of hydrogen-bond acceptors (Lipinski definition) is 6. The first-order chi connectivity index (χ1) is 13.7. The third kappa shape index (κ3) is 8.80. The highest BCUT2D eigenvalue weighted by atomic mass is 16.6. The van der Waals surface area contributed by atoms with E-state index in [0.717, 1.165) is 12.0 Å². The first kappa shape index (κ1) is 24.2. The predicted molar refractivity (Wildman–Crippen MR) is 113 cm³/mol. The topological polar surface area (TPSA) is 102 Å². The second kappa shape index (κ2) is 11.9. The van der Waals surface area contributed by atoms with Crippen LogP contribution in [0.5, 0.6) is 17.2 Å². The van der Waals surface area contributed by atoms with Crippen molar-refractivity contribution in [1.29, 1.82) is 0 Å². The van der Waals surface area contributed by atoms with Gasteiger partial charge in [0.1, 0.15) is 5.60 Å². The zero-order valence-electron chi connectivity index (χ0n) is 18.5. The summed E-state index contributed by atoms with van der Waals surface area (Å²) < 4.78 is 21.3. The van der Waals surface area contributed by atoms with Crippen molar-refractivity contribution in [2.24, 2.45) is 4.99 Å². The molecule has 29 heavy (non-hydrogen) atoms. The first-order valence-corrected chi connectivity index (χ1v) is 9.44. The van der Waals surface area contributed by atoms with Crippen LogP contribution < -0.4 is 30.2 Å². The van der Waals surface area contributed by atoms with Crippen molar-refractivity contribution in [3.05, 3.63) is 17.7 Å². The number of hydrogen-bond donors (Lipinski definition) is 3. The van der Waals surface area contributed by atoms with Crippen LogP contribution in [0.4, 0.5) is 4.79 Å². The predicted octanol–water partition coefficient (Wildman–Crippen LogP) is 2.29. The normalized spacial score (nSPS) is 11.5. The Kier molecular flexibility index (Phi) is 9.91. The molecule has 3 N–H and O–H groups in total. The van der Waals surface area contributed by atoms with Gasteiger partial charge in [0.25, 0.3) is 0 Å². The van der Waals surface area contributed by atoms with Crippen molar-refractivity contribution in [2.75, 3.05) is 41.5 Å². The first-order valence-electron chi connectivity index (χ1n) is 9.44. The smallest absolute Gasteiger partial charge is 0.407 e. The summed E-state index contributed by atoms with van der Waals surface area (Å²) >= 11 is 0. The number of nitrogens with one attached hydrogen (secondary N) is 3. The van der Waals surface area contributed by atoms with E-state index in [1.807, 2.05) is 32.9 Å². The molecular formula is C20H34N4O5. The van der Waals surface area contributed by atoms with Gasteiger partial charge in [-0.05, 0) is 44.9 Å². The maximum absolute atomic E-state index is 11.6. The number of carbonyl (C=O) groups excluding carboxylic acids is 1. The fourth-order valence-electron chi connectivity index (χ4n) is 2.44. The van der Waals surface area contributed by atoms with Crippen molar-refractivity contribution in [3.8, 4) is 17.2 Å². The Balaban J connectivity index is 2.46. The van der Waals surface area contributed by atoms with E-state index >= 15 is 0 Å². The van der Waals surface area contributed by atoms with Crippen molar-refractivity contribution < 1.29 is 23.7 Å². The SMILES string of the molecule is CN=C(NCCCNC(=O)OC(C)(C)C)NCc1cc(OC)c(OC)c(OC)c1. The molecule has 164 valence electrons. The van der Waals surface area contributed by atoms with E-state index in [-0.39, 0.29) is 0 Å². The Morgan fingerprint density at radius 1 is 0.966 bits per heavy atom. The molecule has 0 radical (unpaired) electrons. The molecule has 1 rings (SSSR count). The maximum Gasteiger partial charge on any atom is 0.407 e. The van der Waals surface area contributed by atoms with E-state index in [0.29, 0.717) is 42.8 Å². The lowest BCUT2D eigenvalue weighted by Gasteiger charge is -2.19. The molecule has 0 fully saturated rings. The number of aliphatic imine (C=N–C) groups is 1. The zero-order chi connectivity index (χ0) is 21.9. The molecule has 1 aromatic carbocycles. The lowest BCUT2D eigenvalue weighted by Crippen LogP contribution is -2.39. The van der Waals surface area contributed by atoms with Gasteiger partial charge in [0.2, 0.25) is 5.75 Å². The Morgan fingerprint density at radius 2 is 1.55 bits per heavy atom. The highest BCUT2D eigenvalue weighted by molar-refractivity contribution is 5.79. The molecule has 0 aromatic heterocycles. The van der Waals surface area contributed by atoms with Crippen molar-refractivity contribution in [3.63, 3.8) is 0 Å². The van der Waals surface area contributed by atoms with Gasteiger partial charge >= 0.3 is 6.09 Å². The van der Waals surface area contributed by atoms with E-state index in [1.165, 1.54) is 0 Å². The molecule has 0 unspecified atom stereocenters. The van der Waals surface area contributed by atoms with Crippen LogP contribution in [0.2, 0.25) is 0 Å². The van der Waals surface area contributed by atoms with Gasteiger partial charge in [-0.2, -0.15) is 0 Å². The standard InChI is InChI=1S/C20H34N4O5/c1-20(2,3)29-19(25)23-10-8-9-22-18(21-4)24-13-14-11-15(26-5)17(28-7)16(12-14)27-6/h11-12H,8-10,13H2,1-7H3,(H,23,25)(H2,21,22,24). The summed E-state index contributed by atoms with van der Waals surface area (Å²) in [5.74, 6) is 2.40. The average Bonchev–Trinajstić information content (AvgIpc) is 2.67. The molecule has 0 saturated carbocycles. The van der Waals surface area contributed by atoms with Gasteiger partial charge < -0.3 is 34.9 Å². The molecule has 0 aliphatic carbocycles. The molecule has 0 aliphatic rings. The number of guanidine groups is 1. The summed E-state index contributed by atoms with van der Waals surface area (Å²) in [6.45, 7) is 7.16. The summed E-state index contributed by atoms with van der Waals surface area (Å²) in [5, 5.41) is 9.16. The quantitative estimate of drug-likeness (QED) is 0.326. The molecule has 0 spiro atoms. The van der Waals surface area contributed by atoms with Crippen molar-refractivity contribution in [2.45, 2.75) is 39.3 Å². The molecule has 9 nitrogen and oxygen atoms in total. The van der Waals surface area contributed by atoms with Crippen LogP contribution >= 0.6 is 0 Å². The number of ether oxygens (including phenoxy) is 4. The molecule has 0 saturated heterocycles. The second-order valence-electron chi connectivity index (χ2n) is 7.17. The molecule has 1 amide bonds. The highest BCUT2D eigenvalue weighted by Gasteiger charge is 2.15. The number of alkyl carbamates (subject to hydrolysis) is 1. The minimum atomic E-state index is -0.499. The van der Waals surface area contributed by atoms with Gasteiger partial charge in [0.15, 0.2) is 17.5 Å². The van der Waals surface area contributed by atoms with Gasteiger partial charge in [-0.25, -0.2) is 4.79 Å². The Labute approximate surface area is 173 Å². The monoisotopic (exact) mass is 410 g/mol. The van der Waals surface area contributed by atoms with Gasteiger partial charge in [0.05, 0.1) is 21.3 Å². The van der Waals surface area contributed by atoms with E-state index in [1.54, 1.807) is 28.4 Å². The van der Waals surface area contributed by atoms with Gasteiger partial charge in [0, 0.05) is 26.7 Å². The van der Waals surface area contributed by atoms with Crippen LogP contribution in [-0.2, 0) is 11.3 Å². The summed E-state index contributed by atoms with van der Waals surface area (Å²) in [4.78, 5) is 15.8. The summed E-state index contributed by atoms with van der Waals surface area (Å²) in [7, 11) is 6.44. The van der Waals surface area contributed by atoms with E-state index < -0.39 is 11.7 Å². The largest absolute Gasteiger partial charge is 0.493 e. The Hall–Kier alpha value is -2.84. The number of benzene rings is 1. The van der Waals surface area contributed by atoms with Crippen LogP contribution in [0.1, 0.15) is 32.8 Å². The molecule has 1 aromatic rings. The lowest BCUT2D eigenvalue weighted by atomic mass is 10.2. The minimum absolute atomic E-state index is 0.414. The molecule has 0 aliphatic heterocycles. The van der Waals surface area contributed by atoms with Crippen LogP contribution in [0, 0.1) is 0 Å². The summed E-state index contributed by atoms with van der Waals surface area (Å²) in [5.41, 5.74) is 0.454. The van der Waals surface area contributed by atoms with Crippen LogP contribution in [0.15, 0.2) is 17.1 Å². The third-order valence-electron chi connectivity index (χ3n) is 3.72. The molecule has 0 atom stereocenters. The number of nitrogens with zero attached hydrogens (tertiary/aromatic N) is 1. The fourth-order valence-corrected chi connectivity index (χ4v) is 2.44. The molecule has 0 bridgehead atoms. The second-order valence-corrected chi connectivity index (χ2v) is 7.17. The van der Waals surface area contributed by atoms with Crippen molar-refractivity contribution in [1.82, 2.24) is 16.0 Å². The van der Waals surface area contributed by atoms with Crippen LogP contribution in [0.3, 0.4) is 0 Å². The Morgan fingerprint density at radius 3 is 2.03 bits per heavy atom. The van der Waals surface area contributed by atoms with Gasteiger partial charge in [-0.1, -0.05) is 0 Å². The van der Waals surface area contributed by atoms with Gasteiger partial charge in [-0.15, -0.1) is 0 Å². The maximum atomic E-state index is 11.6. The minimum Gasteiger partial charge on any atom is -0.493 e. The van der Waals surface area contributed by atoms with Crippen LogP contribution in [-0.4, -0.2) is 59.1 Å². The number of carbonyl (C=O) groups is 1. The van der Waals surface area contributed by atoms with Gasteiger partial charge in [-0.3, -0.25) is 4.99 Å². The molecule has 0 heterocycles. The third-order valence-corrected chi connectivity index (χ3v) is 3.72. The lowest BCUT2D eigenvalue weighted by molar-refractivity contribution is 0.0527. The number of amides is 1. The Bertz CT molecular complexity index is 661. The fraction of sp³-hybridized carbons (Fsp3) is 0.600.